The van der Waals surface area contributed by atoms with E-state index in [2.05, 4.69) is 15.6 Å². The van der Waals surface area contributed by atoms with Crippen LogP contribution >= 0.6 is 0 Å². The molecule has 6 heteroatoms. The van der Waals surface area contributed by atoms with Crippen molar-refractivity contribution in [3.05, 3.63) is 66.6 Å². The highest BCUT2D eigenvalue weighted by molar-refractivity contribution is 5.78. The Morgan fingerprint density at radius 1 is 0.893 bits per heavy atom. The van der Waals surface area contributed by atoms with Gasteiger partial charge in [0.2, 0.25) is 11.8 Å². The number of hydrogen-bond acceptors (Lipinski definition) is 4. The molecule has 28 heavy (non-hydrogen) atoms. The molecule has 3 aromatic rings. The highest BCUT2D eigenvalue weighted by Gasteiger charge is 2.17. The summed E-state index contributed by atoms with van der Waals surface area (Å²) in [6, 6.07) is 19.7. The Morgan fingerprint density at radius 2 is 1.50 bits per heavy atom. The molecule has 3 rings (SSSR count). The van der Waals surface area contributed by atoms with Crippen molar-refractivity contribution >= 4 is 11.8 Å². The van der Waals surface area contributed by atoms with Crippen molar-refractivity contribution < 1.29 is 14.0 Å². The molecule has 0 aliphatic carbocycles. The van der Waals surface area contributed by atoms with Crippen LogP contribution in [0.1, 0.15) is 19.2 Å². The molecular formula is C22H23N3O3. The fourth-order valence-electron chi connectivity index (χ4n) is 2.80. The lowest BCUT2D eigenvalue weighted by molar-refractivity contribution is -0.122. The maximum absolute atomic E-state index is 12.0. The van der Waals surface area contributed by atoms with E-state index in [4.69, 9.17) is 4.42 Å². The van der Waals surface area contributed by atoms with Crippen LogP contribution in [0.15, 0.2) is 65.1 Å². The van der Waals surface area contributed by atoms with Crippen molar-refractivity contribution in [3.63, 3.8) is 0 Å². The Morgan fingerprint density at radius 3 is 2.14 bits per heavy atom. The summed E-state index contributed by atoms with van der Waals surface area (Å²) in [6.07, 6.45) is 0.668. The fourth-order valence-corrected chi connectivity index (χ4v) is 2.80. The monoisotopic (exact) mass is 377 g/mol. The van der Waals surface area contributed by atoms with Gasteiger partial charge in [-0.3, -0.25) is 9.59 Å². The maximum Gasteiger partial charge on any atom is 0.220 e. The van der Waals surface area contributed by atoms with Gasteiger partial charge in [-0.1, -0.05) is 60.7 Å². The average Bonchev–Trinajstić information content (AvgIpc) is 3.15. The number of amides is 2. The second kappa shape index (κ2) is 9.50. The molecule has 1 aromatic heterocycles. The van der Waals surface area contributed by atoms with Crippen molar-refractivity contribution in [2.24, 2.45) is 0 Å². The van der Waals surface area contributed by atoms with Crippen LogP contribution in [-0.4, -0.2) is 29.9 Å². The first-order valence-electron chi connectivity index (χ1n) is 9.25. The number of rotatable bonds is 8. The molecule has 144 valence electrons. The number of benzene rings is 2. The van der Waals surface area contributed by atoms with Crippen molar-refractivity contribution in [2.45, 2.75) is 19.8 Å². The second-order valence-corrected chi connectivity index (χ2v) is 6.35. The van der Waals surface area contributed by atoms with Gasteiger partial charge >= 0.3 is 0 Å². The molecule has 0 saturated heterocycles. The molecule has 2 aromatic carbocycles. The van der Waals surface area contributed by atoms with Crippen LogP contribution in [0.4, 0.5) is 0 Å². The van der Waals surface area contributed by atoms with Crippen LogP contribution in [0.3, 0.4) is 0 Å². The summed E-state index contributed by atoms with van der Waals surface area (Å²) in [6.45, 7) is 2.25. The molecule has 2 N–H and O–H groups in total. The molecule has 0 fully saturated rings. The second-order valence-electron chi connectivity index (χ2n) is 6.35. The predicted molar refractivity (Wildman–Crippen MR) is 107 cm³/mol. The van der Waals surface area contributed by atoms with Crippen LogP contribution < -0.4 is 10.6 Å². The van der Waals surface area contributed by atoms with Crippen molar-refractivity contribution in [1.29, 1.82) is 0 Å². The Kier molecular flexibility index (Phi) is 6.57. The molecular weight excluding hydrogens is 354 g/mol. The molecule has 0 spiro atoms. The third-order valence-electron chi connectivity index (χ3n) is 4.14. The number of nitrogens with one attached hydrogen (secondary N) is 2. The van der Waals surface area contributed by atoms with E-state index in [1.807, 2.05) is 60.7 Å². The molecule has 2 amide bonds. The van der Waals surface area contributed by atoms with Crippen LogP contribution in [0.5, 0.6) is 0 Å². The molecule has 0 bridgehead atoms. The Balaban J connectivity index is 1.70. The number of aromatic nitrogens is 1. The van der Waals surface area contributed by atoms with E-state index in [1.54, 1.807) is 0 Å². The number of nitrogens with zero attached hydrogens (tertiary/aromatic N) is 1. The summed E-state index contributed by atoms with van der Waals surface area (Å²) < 4.78 is 6.01. The van der Waals surface area contributed by atoms with E-state index in [9.17, 15) is 9.59 Å². The molecule has 1 heterocycles. The largest absolute Gasteiger partial charge is 0.440 e. The highest BCUT2D eigenvalue weighted by atomic mass is 16.4. The quantitative estimate of drug-likeness (QED) is 0.591. The van der Waals surface area contributed by atoms with E-state index in [1.165, 1.54) is 6.92 Å². The lowest BCUT2D eigenvalue weighted by Crippen LogP contribution is -2.33. The SMILES string of the molecule is CC(=O)NCCNC(=O)CCc1nc(-c2ccccc2)c(-c2ccccc2)o1. The molecule has 0 aliphatic rings. The van der Waals surface area contributed by atoms with Crippen molar-refractivity contribution in [2.75, 3.05) is 13.1 Å². The molecule has 0 saturated carbocycles. The smallest absolute Gasteiger partial charge is 0.220 e. The normalized spacial score (nSPS) is 10.5. The summed E-state index contributed by atoms with van der Waals surface area (Å²) in [5, 5.41) is 5.41. The minimum Gasteiger partial charge on any atom is -0.440 e. The molecule has 0 unspecified atom stereocenters. The van der Waals surface area contributed by atoms with Crippen molar-refractivity contribution in [1.82, 2.24) is 15.6 Å². The minimum atomic E-state index is -0.115. The fraction of sp³-hybridized carbons (Fsp3) is 0.227. The van der Waals surface area contributed by atoms with Gasteiger partial charge in [-0.2, -0.15) is 0 Å². The van der Waals surface area contributed by atoms with Gasteiger partial charge in [-0.25, -0.2) is 4.98 Å². The Hall–Kier alpha value is -3.41. The van der Waals surface area contributed by atoms with Gasteiger partial charge in [0.15, 0.2) is 11.7 Å². The number of carbonyl (C=O) groups is 2. The summed E-state index contributed by atoms with van der Waals surface area (Å²) in [5.41, 5.74) is 2.68. The third-order valence-corrected chi connectivity index (χ3v) is 4.14. The van der Waals surface area contributed by atoms with Gasteiger partial charge in [0.1, 0.15) is 5.69 Å². The van der Waals surface area contributed by atoms with Crippen molar-refractivity contribution in [3.8, 4) is 22.6 Å². The van der Waals surface area contributed by atoms with E-state index in [-0.39, 0.29) is 18.2 Å². The van der Waals surface area contributed by atoms with E-state index in [0.717, 1.165) is 16.8 Å². The summed E-state index contributed by atoms with van der Waals surface area (Å²) in [7, 11) is 0. The van der Waals surface area contributed by atoms with Gasteiger partial charge in [0, 0.05) is 44.0 Å². The lowest BCUT2D eigenvalue weighted by atomic mass is 10.1. The predicted octanol–water partition coefficient (Wildman–Crippen LogP) is 3.19. The highest BCUT2D eigenvalue weighted by Crippen LogP contribution is 2.32. The average molecular weight is 377 g/mol. The van der Waals surface area contributed by atoms with Gasteiger partial charge in [-0.05, 0) is 0 Å². The van der Waals surface area contributed by atoms with Crippen LogP contribution in [0.2, 0.25) is 0 Å². The van der Waals surface area contributed by atoms with Gasteiger partial charge in [-0.15, -0.1) is 0 Å². The van der Waals surface area contributed by atoms with E-state index < -0.39 is 0 Å². The zero-order chi connectivity index (χ0) is 19.8. The first kappa shape index (κ1) is 19.4. The van der Waals surface area contributed by atoms with Gasteiger partial charge in [0.05, 0.1) is 0 Å². The third kappa shape index (κ3) is 5.30. The van der Waals surface area contributed by atoms with Gasteiger partial charge < -0.3 is 15.1 Å². The summed E-state index contributed by atoms with van der Waals surface area (Å²) in [5.74, 6) is 1.00. The zero-order valence-corrected chi connectivity index (χ0v) is 15.8. The summed E-state index contributed by atoms with van der Waals surface area (Å²) in [4.78, 5) is 27.5. The summed E-state index contributed by atoms with van der Waals surface area (Å²) >= 11 is 0. The number of hydrogen-bond donors (Lipinski definition) is 2. The van der Waals surface area contributed by atoms with E-state index in [0.29, 0.717) is 31.2 Å². The van der Waals surface area contributed by atoms with Gasteiger partial charge in [0.25, 0.3) is 0 Å². The number of aryl methyl sites for hydroxylation is 1. The molecule has 0 atom stereocenters. The topological polar surface area (TPSA) is 84.2 Å². The number of carbonyl (C=O) groups excluding carboxylic acids is 2. The first-order chi connectivity index (χ1) is 13.6. The molecule has 0 radical (unpaired) electrons. The Labute approximate surface area is 164 Å². The number of oxazole rings is 1. The van der Waals surface area contributed by atoms with Crippen LogP contribution in [0.25, 0.3) is 22.6 Å². The molecule has 6 nitrogen and oxygen atoms in total. The van der Waals surface area contributed by atoms with Crippen LogP contribution in [0, 0.1) is 0 Å². The lowest BCUT2D eigenvalue weighted by Gasteiger charge is -2.04. The minimum absolute atomic E-state index is 0.105. The zero-order valence-electron chi connectivity index (χ0n) is 15.8. The first-order valence-corrected chi connectivity index (χ1v) is 9.25. The molecule has 0 aliphatic heterocycles. The standard InChI is InChI=1S/C22H23N3O3/c1-16(26)23-14-15-24-19(27)12-13-20-25-21(17-8-4-2-5-9-17)22(28-20)18-10-6-3-7-11-18/h2-11H,12-15H2,1H3,(H,23,26)(H,24,27). The van der Waals surface area contributed by atoms with Crippen LogP contribution in [-0.2, 0) is 16.0 Å². The maximum atomic E-state index is 12.0. The van der Waals surface area contributed by atoms with E-state index >= 15 is 0 Å². The Bertz CT molecular complexity index is 864.